The number of nitrogens with zero attached hydrogens (tertiary/aromatic N) is 3. The fourth-order valence-corrected chi connectivity index (χ4v) is 2.94. The summed E-state index contributed by atoms with van der Waals surface area (Å²) in [6, 6.07) is 2.00. The molecule has 2 aromatic heterocycles. The van der Waals surface area contributed by atoms with E-state index in [0.29, 0.717) is 5.95 Å². The van der Waals surface area contributed by atoms with Crippen molar-refractivity contribution in [3.8, 4) is 0 Å². The van der Waals surface area contributed by atoms with E-state index in [1.165, 1.54) is 19.3 Å². The van der Waals surface area contributed by atoms with Gasteiger partial charge in [-0.2, -0.15) is 0 Å². The average molecular weight is 230 g/mol. The van der Waals surface area contributed by atoms with Crippen LogP contribution in [0.25, 0.3) is 11.0 Å². The van der Waals surface area contributed by atoms with E-state index < -0.39 is 0 Å². The second-order valence-electron chi connectivity index (χ2n) is 5.23. The van der Waals surface area contributed by atoms with E-state index in [4.69, 9.17) is 5.73 Å². The zero-order valence-corrected chi connectivity index (χ0v) is 10.1. The number of pyridine rings is 1. The summed E-state index contributed by atoms with van der Waals surface area (Å²) >= 11 is 0. The number of aromatic nitrogens is 3. The number of hydrogen-bond donors (Lipinski definition) is 1. The van der Waals surface area contributed by atoms with Crippen LogP contribution in [0.2, 0.25) is 0 Å². The minimum absolute atomic E-state index is 0.618. The fourth-order valence-electron chi connectivity index (χ4n) is 2.94. The summed E-state index contributed by atoms with van der Waals surface area (Å²) in [5.41, 5.74) is 8.00. The maximum atomic E-state index is 5.99. The van der Waals surface area contributed by atoms with Crippen LogP contribution in [-0.4, -0.2) is 14.5 Å². The molecule has 0 aromatic carbocycles. The van der Waals surface area contributed by atoms with Gasteiger partial charge in [0.15, 0.2) is 0 Å². The summed E-state index contributed by atoms with van der Waals surface area (Å²) in [5.74, 6) is 2.23. The molecule has 2 N–H and O–H groups in total. The molecule has 17 heavy (non-hydrogen) atoms. The van der Waals surface area contributed by atoms with Crippen molar-refractivity contribution in [2.75, 3.05) is 5.73 Å². The smallest absolute Gasteiger partial charge is 0.201 e. The number of nitrogens with two attached hydrogens (primary N) is 1. The molecule has 2 aromatic rings. The van der Waals surface area contributed by atoms with Crippen LogP contribution in [-0.2, 0) is 6.54 Å². The van der Waals surface area contributed by atoms with Gasteiger partial charge in [-0.25, -0.2) is 4.98 Å². The summed E-state index contributed by atoms with van der Waals surface area (Å²) in [6.07, 6.45) is 7.55. The summed E-state index contributed by atoms with van der Waals surface area (Å²) < 4.78 is 2.14. The first-order valence-corrected chi connectivity index (χ1v) is 6.30. The average Bonchev–Trinajstić information content (AvgIpc) is 2.85. The lowest BCUT2D eigenvalue weighted by atomic mass is 10.1. The van der Waals surface area contributed by atoms with E-state index >= 15 is 0 Å². The number of imidazole rings is 1. The van der Waals surface area contributed by atoms with Crippen molar-refractivity contribution in [1.82, 2.24) is 14.5 Å². The number of anilines is 1. The van der Waals surface area contributed by atoms with E-state index in [-0.39, 0.29) is 0 Å². The molecule has 0 aliphatic heterocycles. The quantitative estimate of drug-likeness (QED) is 0.862. The van der Waals surface area contributed by atoms with E-state index in [2.05, 4.69) is 21.5 Å². The van der Waals surface area contributed by atoms with Crippen LogP contribution in [0.15, 0.2) is 18.5 Å². The summed E-state index contributed by atoms with van der Waals surface area (Å²) in [4.78, 5) is 8.43. The van der Waals surface area contributed by atoms with E-state index in [1.807, 2.05) is 6.07 Å². The third kappa shape index (κ3) is 1.88. The summed E-state index contributed by atoms with van der Waals surface area (Å²) in [6.45, 7) is 3.33. The largest absolute Gasteiger partial charge is 0.369 e. The second kappa shape index (κ2) is 4.02. The Hall–Kier alpha value is -1.58. The zero-order chi connectivity index (χ0) is 11.8. The molecule has 0 spiro atoms. The Labute approximate surface area is 101 Å². The van der Waals surface area contributed by atoms with Gasteiger partial charge in [-0.3, -0.25) is 4.98 Å². The Morgan fingerprint density at radius 1 is 1.47 bits per heavy atom. The number of nitrogen functional groups attached to an aromatic ring is 1. The third-order valence-corrected chi connectivity index (χ3v) is 3.82. The second-order valence-corrected chi connectivity index (χ2v) is 5.23. The highest BCUT2D eigenvalue weighted by Gasteiger charge is 2.22. The lowest BCUT2D eigenvalue weighted by Gasteiger charge is -2.12. The molecule has 4 nitrogen and oxygen atoms in total. The minimum atomic E-state index is 0.618. The van der Waals surface area contributed by atoms with Crippen molar-refractivity contribution < 1.29 is 0 Å². The van der Waals surface area contributed by atoms with Gasteiger partial charge in [0.25, 0.3) is 0 Å². The molecule has 90 valence electrons. The number of hydrogen-bond acceptors (Lipinski definition) is 3. The highest BCUT2D eigenvalue weighted by atomic mass is 15.2. The highest BCUT2D eigenvalue weighted by molar-refractivity contribution is 5.76. The summed E-state index contributed by atoms with van der Waals surface area (Å²) in [7, 11) is 0. The normalized spacial score (nSPS) is 24.5. The van der Waals surface area contributed by atoms with E-state index in [1.54, 1.807) is 12.4 Å². The summed E-state index contributed by atoms with van der Waals surface area (Å²) in [5, 5.41) is 0. The molecule has 0 amide bonds. The van der Waals surface area contributed by atoms with Crippen LogP contribution in [0.4, 0.5) is 5.95 Å². The molecule has 1 aliphatic carbocycles. The Morgan fingerprint density at radius 3 is 3.12 bits per heavy atom. The molecule has 4 heteroatoms. The highest BCUT2D eigenvalue weighted by Crippen LogP contribution is 2.32. The van der Waals surface area contributed by atoms with Gasteiger partial charge in [0, 0.05) is 12.7 Å². The van der Waals surface area contributed by atoms with Gasteiger partial charge in [-0.05, 0) is 30.7 Å². The molecule has 0 bridgehead atoms. The van der Waals surface area contributed by atoms with Crippen LogP contribution in [0, 0.1) is 11.8 Å². The third-order valence-electron chi connectivity index (χ3n) is 3.82. The predicted molar refractivity (Wildman–Crippen MR) is 68.4 cm³/mol. The fraction of sp³-hybridized carbons (Fsp3) is 0.538. The van der Waals surface area contributed by atoms with Crippen molar-refractivity contribution in [1.29, 1.82) is 0 Å². The van der Waals surface area contributed by atoms with Gasteiger partial charge < -0.3 is 10.3 Å². The monoisotopic (exact) mass is 230 g/mol. The van der Waals surface area contributed by atoms with Gasteiger partial charge in [0.2, 0.25) is 5.95 Å². The Morgan fingerprint density at radius 2 is 2.35 bits per heavy atom. The molecule has 0 saturated heterocycles. The van der Waals surface area contributed by atoms with Crippen molar-refractivity contribution in [3.05, 3.63) is 18.5 Å². The van der Waals surface area contributed by atoms with Gasteiger partial charge >= 0.3 is 0 Å². The Bertz CT molecular complexity index is 531. The van der Waals surface area contributed by atoms with E-state index in [0.717, 1.165) is 29.4 Å². The van der Waals surface area contributed by atoms with Crippen molar-refractivity contribution in [2.45, 2.75) is 32.7 Å². The van der Waals surface area contributed by atoms with Gasteiger partial charge in [0.1, 0.15) is 5.52 Å². The van der Waals surface area contributed by atoms with Crippen molar-refractivity contribution in [3.63, 3.8) is 0 Å². The molecule has 1 saturated carbocycles. The zero-order valence-electron chi connectivity index (χ0n) is 10.1. The SMILES string of the molecule is CC1CCC(Cn2c(N)nc3cnccc32)C1. The first-order valence-electron chi connectivity index (χ1n) is 6.30. The van der Waals surface area contributed by atoms with Gasteiger partial charge in [0.05, 0.1) is 11.7 Å². The molecule has 2 heterocycles. The van der Waals surface area contributed by atoms with Crippen LogP contribution >= 0.6 is 0 Å². The number of fused-ring (bicyclic) bond motifs is 1. The minimum Gasteiger partial charge on any atom is -0.369 e. The molecule has 2 atom stereocenters. The van der Waals surface area contributed by atoms with Crippen molar-refractivity contribution in [2.24, 2.45) is 11.8 Å². The molecular weight excluding hydrogens is 212 g/mol. The van der Waals surface area contributed by atoms with Crippen LogP contribution in [0.1, 0.15) is 26.2 Å². The van der Waals surface area contributed by atoms with Crippen LogP contribution in [0.3, 0.4) is 0 Å². The van der Waals surface area contributed by atoms with E-state index in [9.17, 15) is 0 Å². The maximum absolute atomic E-state index is 5.99. The van der Waals surface area contributed by atoms with Crippen LogP contribution in [0.5, 0.6) is 0 Å². The molecule has 1 aliphatic rings. The topological polar surface area (TPSA) is 56.7 Å². The van der Waals surface area contributed by atoms with Gasteiger partial charge in [-0.15, -0.1) is 0 Å². The molecule has 1 fully saturated rings. The first-order chi connectivity index (χ1) is 8.24. The van der Waals surface area contributed by atoms with Crippen LogP contribution < -0.4 is 5.73 Å². The Balaban J connectivity index is 1.91. The first kappa shape index (κ1) is 10.6. The predicted octanol–water partition coefficient (Wildman–Crippen LogP) is 2.45. The molecular formula is C13H18N4. The number of rotatable bonds is 2. The maximum Gasteiger partial charge on any atom is 0.201 e. The van der Waals surface area contributed by atoms with Crippen molar-refractivity contribution >= 4 is 17.0 Å². The molecule has 3 rings (SSSR count). The standard InChI is InChI=1S/C13H18N4/c1-9-2-3-10(6-9)8-17-12-4-5-15-7-11(12)16-13(17)14/h4-5,7,9-10H,2-3,6,8H2,1H3,(H2,14,16). The molecule has 2 unspecified atom stereocenters. The lowest BCUT2D eigenvalue weighted by molar-refractivity contribution is 0.450. The lowest BCUT2D eigenvalue weighted by Crippen LogP contribution is -2.10. The molecule has 0 radical (unpaired) electrons. The Kier molecular flexibility index (Phi) is 2.50. The van der Waals surface area contributed by atoms with Gasteiger partial charge in [-0.1, -0.05) is 13.3 Å².